The van der Waals surface area contributed by atoms with Gasteiger partial charge in [0.2, 0.25) is 0 Å². The average molecular weight is 219 g/mol. The van der Waals surface area contributed by atoms with Gasteiger partial charge in [0.1, 0.15) is 5.82 Å². The number of hydrogen-bond acceptors (Lipinski definition) is 2. The van der Waals surface area contributed by atoms with E-state index in [2.05, 4.69) is 12.0 Å². The third-order valence-electron chi connectivity index (χ3n) is 4.55. The maximum atomic E-state index is 6.07. The van der Waals surface area contributed by atoms with Gasteiger partial charge in [0.25, 0.3) is 0 Å². The Kier molecular flexibility index (Phi) is 2.23. The molecular formula is C13H21N3. The van der Waals surface area contributed by atoms with Crippen molar-refractivity contribution < 1.29 is 0 Å². The van der Waals surface area contributed by atoms with Crippen molar-refractivity contribution in [1.29, 1.82) is 0 Å². The molecule has 2 unspecified atom stereocenters. The second-order valence-electron chi connectivity index (χ2n) is 5.36. The standard InChI is InChI=1S/C13H21N3/c1-3-8-12(15-16(2)13(8)14)11-9-6-4-5-7-10(9)11/h9-11H,3-7,14H2,1-2H3. The van der Waals surface area contributed by atoms with E-state index in [9.17, 15) is 0 Å². The van der Waals surface area contributed by atoms with Crippen LogP contribution >= 0.6 is 0 Å². The molecule has 1 heterocycles. The summed E-state index contributed by atoms with van der Waals surface area (Å²) in [7, 11) is 1.96. The summed E-state index contributed by atoms with van der Waals surface area (Å²) in [4.78, 5) is 0. The Morgan fingerprint density at radius 3 is 2.50 bits per heavy atom. The summed E-state index contributed by atoms with van der Waals surface area (Å²) in [5, 5.41) is 4.66. The van der Waals surface area contributed by atoms with E-state index in [4.69, 9.17) is 5.73 Å². The fourth-order valence-corrected chi connectivity index (χ4v) is 3.63. The van der Waals surface area contributed by atoms with Gasteiger partial charge in [-0.05, 0) is 31.1 Å². The molecule has 0 radical (unpaired) electrons. The van der Waals surface area contributed by atoms with Crippen LogP contribution in [0.15, 0.2) is 0 Å². The first kappa shape index (κ1) is 10.2. The molecule has 2 aliphatic carbocycles. The van der Waals surface area contributed by atoms with Crippen molar-refractivity contribution in [2.45, 2.75) is 44.9 Å². The zero-order valence-electron chi connectivity index (χ0n) is 10.2. The first-order valence-corrected chi connectivity index (χ1v) is 6.55. The zero-order valence-corrected chi connectivity index (χ0v) is 10.2. The fraction of sp³-hybridized carbons (Fsp3) is 0.769. The quantitative estimate of drug-likeness (QED) is 0.830. The van der Waals surface area contributed by atoms with Crippen LogP contribution in [-0.2, 0) is 13.5 Å². The molecule has 3 rings (SSSR count). The van der Waals surface area contributed by atoms with E-state index < -0.39 is 0 Å². The SMILES string of the molecule is CCc1c(C2C3CCCCC32)nn(C)c1N. The topological polar surface area (TPSA) is 43.8 Å². The number of aromatic nitrogens is 2. The van der Waals surface area contributed by atoms with Crippen molar-refractivity contribution in [3.05, 3.63) is 11.3 Å². The minimum Gasteiger partial charge on any atom is -0.384 e. The summed E-state index contributed by atoms with van der Waals surface area (Å²) in [6.07, 6.45) is 6.68. The van der Waals surface area contributed by atoms with Crippen LogP contribution in [0.4, 0.5) is 5.82 Å². The Labute approximate surface area is 97.0 Å². The maximum absolute atomic E-state index is 6.07. The molecule has 16 heavy (non-hydrogen) atoms. The summed E-state index contributed by atoms with van der Waals surface area (Å²) in [5.74, 6) is 3.46. The van der Waals surface area contributed by atoms with Gasteiger partial charge in [-0.3, -0.25) is 4.68 Å². The number of rotatable bonds is 2. The fourth-order valence-electron chi connectivity index (χ4n) is 3.63. The highest BCUT2D eigenvalue weighted by Gasteiger charge is 2.53. The Bertz CT molecular complexity index is 396. The summed E-state index contributed by atoms with van der Waals surface area (Å²) in [6, 6.07) is 0. The van der Waals surface area contributed by atoms with Gasteiger partial charge in [-0.25, -0.2) is 0 Å². The van der Waals surface area contributed by atoms with Crippen LogP contribution in [0.2, 0.25) is 0 Å². The first-order chi connectivity index (χ1) is 7.74. The normalized spacial score (nSPS) is 32.5. The highest BCUT2D eigenvalue weighted by atomic mass is 15.3. The molecule has 2 saturated carbocycles. The molecule has 0 spiro atoms. The summed E-state index contributed by atoms with van der Waals surface area (Å²) in [5.41, 5.74) is 8.70. The van der Waals surface area contributed by atoms with Crippen molar-refractivity contribution in [3.8, 4) is 0 Å². The van der Waals surface area contributed by atoms with Crippen LogP contribution in [0, 0.1) is 11.8 Å². The number of hydrogen-bond donors (Lipinski definition) is 1. The zero-order chi connectivity index (χ0) is 11.3. The van der Waals surface area contributed by atoms with E-state index in [1.54, 1.807) is 0 Å². The predicted octanol–water partition coefficient (Wildman–Crippen LogP) is 2.47. The molecule has 0 aromatic carbocycles. The molecule has 0 saturated heterocycles. The van der Waals surface area contributed by atoms with E-state index in [1.807, 2.05) is 11.7 Å². The molecule has 2 fully saturated rings. The van der Waals surface area contributed by atoms with Crippen LogP contribution in [0.5, 0.6) is 0 Å². The molecule has 0 bridgehead atoms. The third kappa shape index (κ3) is 1.30. The summed E-state index contributed by atoms with van der Waals surface area (Å²) < 4.78 is 1.86. The number of anilines is 1. The lowest BCUT2D eigenvalue weighted by Crippen LogP contribution is -1.98. The minimum atomic E-state index is 0.737. The Morgan fingerprint density at radius 1 is 1.31 bits per heavy atom. The van der Waals surface area contributed by atoms with Gasteiger partial charge in [0.05, 0.1) is 5.69 Å². The van der Waals surface area contributed by atoms with Crippen LogP contribution in [-0.4, -0.2) is 9.78 Å². The highest BCUT2D eigenvalue weighted by molar-refractivity contribution is 5.46. The lowest BCUT2D eigenvalue weighted by Gasteiger charge is -2.04. The maximum Gasteiger partial charge on any atom is 0.124 e. The van der Waals surface area contributed by atoms with Gasteiger partial charge < -0.3 is 5.73 Å². The molecule has 88 valence electrons. The van der Waals surface area contributed by atoms with Gasteiger partial charge in [-0.2, -0.15) is 5.10 Å². The van der Waals surface area contributed by atoms with Crippen molar-refractivity contribution in [1.82, 2.24) is 9.78 Å². The van der Waals surface area contributed by atoms with Gasteiger partial charge in [0, 0.05) is 18.5 Å². The number of nitrogens with two attached hydrogens (primary N) is 1. The molecule has 2 atom stereocenters. The molecule has 0 amide bonds. The molecule has 3 heteroatoms. The van der Waals surface area contributed by atoms with E-state index in [-0.39, 0.29) is 0 Å². The van der Waals surface area contributed by atoms with E-state index in [0.29, 0.717) is 0 Å². The van der Waals surface area contributed by atoms with Crippen molar-refractivity contribution >= 4 is 5.82 Å². The van der Waals surface area contributed by atoms with Crippen molar-refractivity contribution in [2.24, 2.45) is 18.9 Å². The minimum absolute atomic E-state index is 0.737. The summed E-state index contributed by atoms with van der Waals surface area (Å²) in [6.45, 7) is 2.18. The molecule has 2 N–H and O–H groups in total. The number of nitrogen functional groups attached to an aromatic ring is 1. The molecule has 0 aliphatic heterocycles. The molecule has 2 aliphatic rings. The second kappa shape index (κ2) is 3.51. The van der Waals surface area contributed by atoms with E-state index in [1.165, 1.54) is 36.9 Å². The lowest BCUT2D eigenvalue weighted by molar-refractivity contribution is 0.480. The van der Waals surface area contributed by atoms with Gasteiger partial charge in [-0.15, -0.1) is 0 Å². The van der Waals surface area contributed by atoms with Crippen LogP contribution in [0.3, 0.4) is 0 Å². The van der Waals surface area contributed by atoms with Crippen molar-refractivity contribution in [2.75, 3.05) is 5.73 Å². The predicted molar refractivity (Wildman–Crippen MR) is 65.2 cm³/mol. The third-order valence-corrected chi connectivity index (χ3v) is 4.55. The van der Waals surface area contributed by atoms with E-state index >= 15 is 0 Å². The Balaban J connectivity index is 1.92. The van der Waals surface area contributed by atoms with Gasteiger partial charge in [0.15, 0.2) is 0 Å². The summed E-state index contributed by atoms with van der Waals surface area (Å²) >= 11 is 0. The molecule has 3 nitrogen and oxygen atoms in total. The van der Waals surface area contributed by atoms with Crippen molar-refractivity contribution in [3.63, 3.8) is 0 Å². The molecular weight excluding hydrogens is 198 g/mol. The smallest absolute Gasteiger partial charge is 0.124 e. The Morgan fingerprint density at radius 2 is 1.94 bits per heavy atom. The molecule has 1 aromatic heterocycles. The van der Waals surface area contributed by atoms with Crippen LogP contribution < -0.4 is 5.73 Å². The Hall–Kier alpha value is -0.990. The monoisotopic (exact) mass is 219 g/mol. The second-order valence-corrected chi connectivity index (χ2v) is 5.36. The lowest BCUT2D eigenvalue weighted by atomic mass is 10.0. The van der Waals surface area contributed by atoms with Gasteiger partial charge in [-0.1, -0.05) is 19.8 Å². The highest BCUT2D eigenvalue weighted by Crippen LogP contribution is 2.61. The number of nitrogens with zero attached hydrogens (tertiary/aromatic N) is 2. The molecule has 1 aromatic rings. The average Bonchev–Trinajstić information content (AvgIpc) is 2.95. The van der Waals surface area contributed by atoms with Crippen LogP contribution in [0.1, 0.15) is 49.8 Å². The number of fused-ring (bicyclic) bond motifs is 1. The van der Waals surface area contributed by atoms with Crippen LogP contribution in [0.25, 0.3) is 0 Å². The first-order valence-electron chi connectivity index (χ1n) is 6.55. The van der Waals surface area contributed by atoms with Gasteiger partial charge >= 0.3 is 0 Å². The largest absolute Gasteiger partial charge is 0.384 e. The van der Waals surface area contributed by atoms with E-state index in [0.717, 1.165) is 30.0 Å². The number of aryl methyl sites for hydroxylation is 1.